The summed E-state index contributed by atoms with van der Waals surface area (Å²) >= 11 is 3.59. The van der Waals surface area contributed by atoms with Crippen molar-refractivity contribution in [1.82, 2.24) is 15.1 Å². The number of fused-ring (bicyclic) bond motifs is 1. The summed E-state index contributed by atoms with van der Waals surface area (Å²) < 4.78 is 1.04. The van der Waals surface area contributed by atoms with Crippen molar-refractivity contribution in [3.63, 3.8) is 0 Å². The normalized spacial score (nSPS) is 23.0. The molecule has 1 atom stereocenters. The number of nitrogens with zero attached hydrogens (tertiary/aromatic N) is 2. The zero-order valence-corrected chi connectivity index (χ0v) is 11.7. The molecular weight excluding hydrogens is 280 g/mol. The van der Waals surface area contributed by atoms with Gasteiger partial charge >= 0.3 is 0 Å². The third kappa shape index (κ3) is 1.68. The summed E-state index contributed by atoms with van der Waals surface area (Å²) in [5.74, 6) is 0.614. The second kappa shape index (κ2) is 3.51. The minimum absolute atomic E-state index is 0.472. The van der Waals surface area contributed by atoms with Crippen molar-refractivity contribution >= 4 is 26.2 Å². The van der Waals surface area contributed by atoms with Crippen LogP contribution in [-0.4, -0.2) is 21.1 Å². The van der Waals surface area contributed by atoms with E-state index < -0.39 is 0 Å². The molecule has 1 aromatic rings. The molecule has 0 spiro atoms. The predicted molar refractivity (Wildman–Crippen MR) is 72.3 cm³/mol. The Labute approximate surface area is 109 Å². The van der Waals surface area contributed by atoms with Gasteiger partial charge in [-0.1, -0.05) is 6.92 Å². The monoisotopic (exact) mass is 296 g/mol. The van der Waals surface area contributed by atoms with Crippen LogP contribution in [0.2, 0.25) is 0 Å². The highest BCUT2D eigenvalue weighted by Gasteiger charge is 2.45. The molecule has 4 nitrogen and oxygen atoms in total. The Morgan fingerprint density at radius 1 is 1.59 bits per heavy atom. The highest BCUT2D eigenvalue weighted by atomic mass is 79.9. The fourth-order valence-corrected chi connectivity index (χ4v) is 3.03. The van der Waals surface area contributed by atoms with Crippen molar-refractivity contribution in [1.29, 1.82) is 0 Å². The third-order valence-corrected chi connectivity index (χ3v) is 4.90. The highest BCUT2D eigenvalue weighted by Crippen LogP contribution is 2.51. The van der Waals surface area contributed by atoms with E-state index in [1.54, 1.807) is 0 Å². The fourth-order valence-electron chi connectivity index (χ4n) is 2.44. The molecule has 17 heavy (non-hydrogen) atoms. The van der Waals surface area contributed by atoms with Crippen LogP contribution in [0.5, 0.6) is 0 Å². The molecular formula is C12H17BrN4. The molecule has 1 saturated carbocycles. The van der Waals surface area contributed by atoms with Gasteiger partial charge in [-0.15, -0.1) is 0 Å². The van der Waals surface area contributed by atoms with Crippen LogP contribution in [0.15, 0.2) is 6.20 Å². The van der Waals surface area contributed by atoms with Gasteiger partial charge in [0.15, 0.2) is 5.82 Å². The highest BCUT2D eigenvalue weighted by molar-refractivity contribution is 9.15. The van der Waals surface area contributed by atoms with Gasteiger partial charge in [0.05, 0.1) is 10.2 Å². The predicted octanol–water partition coefficient (Wildman–Crippen LogP) is 2.69. The molecule has 1 aromatic heterocycles. The minimum Gasteiger partial charge on any atom is -0.382 e. The fraction of sp³-hybridized carbons (Fsp3) is 0.583. The topological polar surface area (TPSA) is 57.9 Å². The maximum atomic E-state index is 5.89. The van der Waals surface area contributed by atoms with Crippen LogP contribution in [0.1, 0.15) is 37.9 Å². The van der Waals surface area contributed by atoms with Crippen molar-refractivity contribution in [3.8, 4) is 0 Å². The quantitative estimate of drug-likeness (QED) is 0.882. The number of nitrogen functional groups attached to an aromatic ring is 1. The maximum absolute atomic E-state index is 5.89. The van der Waals surface area contributed by atoms with Crippen molar-refractivity contribution in [3.05, 3.63) is 17.5 Å². The van der Waals surface area contributed by atoms with Gasteiger partial charge in [0.1, 0.15) is 0 Å². The Morgan fingerprint density at radius 2 is 2.29 bits per heavy atom. The maximum Gasteiger partial charge on any atom is 0.150 e. The number of nitrogens with two attached hydrogens (primary N) is 1. The average Bonchev–Trinajstić information content (AvgIpc) is 2.94. The lowest BCUT2D eigenvalue weighted by Gasteiger charge is -2.35. The van der Waals surface area contributed by atoms with Gasteiger partial charge in [0.25, 0.3) is 0 Å². The SMILES string of the molecule is CC(N1C=C(Br)c2[nH]nc(N)c2C1)C1(C)CC1. The zero-order valence-electron chi connectivity index (χ0n) is 10.1. The first-order valence-corrected chi connectivity index (χ1v) is 6.77. The van der Waals surface area contributed by atoms with E-state index >= 15 is 0 Å². The Hall–Kier alpha value is -0.970. The molecule has 1 aliphatic heterocycles. The molecule has 1 unspecified atom stereocenters. The second-order valence-corrected chi connectivity index (χ2v) is 6.30. The van der Waals surface area contributed by atoms with Crippen molar-refractivity contribution < 1.29 is 0 Å². The van der Waals surface area contributed by atoms with E-state index in [1.807, 2.05) is 0 Å². The van der Waals surface area contributed by atoms with E-state index in [4.69, 9.17) is 5.73 Å². The molecule has 0 amide bonds. The number of hydrogen-bond acceptors (Lipinski definition) is 3. The van der Waals surface area contributed by atoms with Crippen LogP contribution in [0.4, 0.5) is 5.82 Å². The van der Waals surface area contributed by atoms with E-state index in [0.717, 1.165) is 22.3 Å². The Balaban J connectivity index is 1.91. The summed E-state index contributed by atoms with van der Waals surface area (Å²) in [4.78, 5) is 2.37. The number of aromatic nitrogens is 2. The zero-order chi connectivity index (χ0) is 12.2. The van der Waals surface area contributed by atoms with Crippen molar-refractivity contribution in [2.24, 2.45) is 5.41 Å². The van der Waals surface area contributed by atoms with Gasteiger partial charge in [-0.3, -0.25) is 5.10 Å². The summed E-state index contributed by atoms with van der Waals surface area (Å²) in [5, 5.41) is 7.05. The van der Waals surface area contributed by atoms with Gasteiger partial charge in [-0.2, -0.15) is 5.10 Å². The number of aromatic amines is 1. The van der Waals surface area contributed by atoms with Crippen LogP contribution < -0.4 is 5.73 Å². The second-order valence-electron chi connectivity index (χ2n) is 5.44. The summed E-state index contributed by atoms with van der Waals surface area (Å²) in [6, 6.07) is 0.539. The van der Waals surface area contributed by atoms with Crippen molar-refractivity contribution in [2.45, 2.75) is 39.3 Å². The molecule has 1 fully saturated rings. The molecule has 3 N–H and O–H groups in total. The van der Waals surface area contributed by atoms with E-state index in [2.05, 4.69) is 51.1 Å². The number of H-pyrrole nitrogens is 1. The summed E-state index contributed by atoms with van der Waals surface area (Å²) in [7, 11) is 0. The standard InChI is InChI=1S/C12H17BrN4/c1-7(12(2)3-4-12)17-5-8-10(9(13)6-17)15-16-11(8)14/h6-7H,3-5H2,1-2H3,(H3,14,15,16). The Bertz CT molecular complexity index is 487. The number of rotatable bonds is 2. The number of halogens is 1. The summed E-state index contributed by atoms with van der Waals surface area (Å²) in [6.45, 7) is 5.50. The van der Waals surface area contributed by atoms with E-state index in [0.29, 0.717) is 17.3 Å². The molecule has 1 aliphatic carbocycles. The molecule has 2 aliphatic rings. The molecule has 5 heteroatoms. The third-order valence-electron chi connectivity index (χ3n) is 4.30. The first kappa shape index (κ1) is 11.1. The van der Waals surface area contributed by atoms with Gasteiger partial charge in [-0.05, 0) is 41.1 Å². The lowest BCUT2D eigenvalue weighted by molar-refractivity contribution is 0.204. The first-order valence-electron chi connectivity index (χ1n) is 5.97. The number of anilines is 1. The van der Waals surface area contributed by atoms with Gasteiger partial charge in [0.2, 0.25) is 0 Å². The number of hydrogen-bond donors (Lipinski definition) is 2. The van der Waals surface area contributed by atoms with Gasteiger partial charge in [-0.25, -0.2) is 0 Å². The Morgan fingerprint density at radius 3 is 2.94 bits per heavy atom. The van der Waals surface area contributed by atoms with Crippen LogP contribution in [-0.2, 0) is 6.54 Å². The largest absolute Gasteiger partial charge is 0.382 e. The molecule has 0 saturated heterocycles. The van der Waals surface area contributed by atoms with Crippen LogP contribution in [0, 0.1) is 5.41 Å². The summed E-state index contributed by atoms with van der Waals surface area (Å²) in [6.07, 6.45) is 4.81. The average molecular weight is 297 g/mol. The smallest absolute Gasteiger partial charge is 0.150 e. The Kier molecular flexibility index (Phi) is 2.30. The molecule has 0 radical (unpaired) electrons. The van der Waals surface area contributed by atoms with Gasteiger partial charge < -0.3 is 10.6 Å². The first-order chi connectivity index (χ1) is 8.01. The van der Waals surface area contributed by atoms with Gasteiger partial charge in [0, 0.05) is 24.4 Å². The van der Waals surface area contributed by atoms with E-state index in [-0.39, 0.29) is 0 Å². The molecule has 92 valence electrons. The van der Waals surface area contributed by atoms with Crippen LogP contribution in [0.25, 0.3) is 4.48 Å². The van der Waals surface area contributed by atoms with Crippen LogP contribution in [0.3, 0.4) is 0 Å². The van der Waals surface area contributed by atoms with E-state index in [9.17, 15) is 0 Å². The molecule has 2 heterocycles. The van der Waals surface area contributed by atoms with Crippen LogP contribution >= 0.6 is 15.9 Å². The summed E-state index contributed by atoms with van der Waals surface area (Å²) in [5.41, 5.74) is 8.49. The lowest BCUT2D eigenvalue weighted by atomic mass is 9.97. The van der Waals surface area contributed by atoms with Crippen molar-refractivity contribution in [2.75, 3.05) is 5.73 Å². The van der Waals surface area contributed by atoms with E-state index in [1.165, 1.54) is 12.8 Å². The molecule has 3 rings (SSSR count). The minimum atomic E-state index is 0.472. The molecule has 0 aromatic carbocycles. The number of nitrogens with one attached hydrogen (secondary N) is 1. The lowest BCUT2D eigenvalue weighted by Crippen LogP contribution is -2.36. The molecule has 0 bridgehead atoms.